The van der Waals surface area contributed by atoms with Crippen LogP contribution in [-0.2, 0) is 19.7 Å². The highest BCUT2D eigenvalue weighted by Gasteiger charge is 2.09. The molecule has 0 radical (unpaired) electrons. The van der Waals surface area contributed by atoms with Crippen molar-refractivity contribution in [3.05, 3.63) is 87.4 Å². The molecule has 0 bridgehead atoms. The molecule has 0 amide bonds. The smallest absolute Gasteiger partial charge is 0.161 e. The first kappa shape index (κ1) is 22.3. The van der Waals surface area contributed by atoms with E-state index in [-0.39, 0.29) is 0 Å². The van der Waals surface area contributed by atoms with E-state index in [1.54, 1.807) is 19.2 Å². The van der Waals surface area contributed by atoms with Crippen LogP contribution in [0.5, 0.6) is 17.2 Å². The molecule has 3 aromatic carbocycles. The van der Waals surface area contributed by atoms with Crippen LogP contribution in [0, 0.1) is 0 Å². The highest BCUT2D eigenvalue weighted by atomic mass is 35.5. The SMILES string of the molecule is CCOc1cc(CNCc2ccc(OC)cc2)ccc1OCc1ccc(Cl)cc1Cl. The van der Waals surface area contributed by atoms with Crippen LogP contribution in [0.3, 0.4) is 0 Å². The molecule has 6 heteroatoms. The van der Waals surface area contributed by atoms with E-state index in [2.05, 4.69) is 17.4 Å². The van der Waals surface area contributed by atoms with Crippen LogP contribution in [0.2, 0.25) is 10.0 Å². The van der Waals surface area contributed by atoms with Gasteiger partial charge >= 0.3 is 0 Å². The number of nitrogens with one attached hydrogen (secondary N) is 1. The van der Waals surface area contributed by atoms with Crippen LogP contribution >= 0.6 is 23.2 Å². The predicted molar refractivity (Wildman–Crippen MR) is 122 cm³/mol. The summed E-state index contributed by atoms with van der Waals surface area (Å²) in [6, 6.07) is 19.4. The zero-order valence-electron chi connectivity index (χ0n) is 17.1. The van der Waals surface area contributed by atoms with E-state index < -0.39 is 0 Å². The van der Waals surface area contributed by atoms with Crippen molar-refractivity contribution in [3.63, 3.8) is 0 Å². The summed E-state index contributed by atoms with van der Waals surface area (Å²) in [4.78, 5) is 0. The quantitative estimate of drug-likeness (QED) is 0.399. The first-order valence-electron chi connectivity index (χ1n) is 9.75. The largest absolute Gasteiger partial charge is 0.497 e. The predicted octanol–water partition coefficient (Wildman–Crippen LogP) is 6.27. The van der Waals surface area contributed by atoms with Gasteiger partial charge < -0.3 is 19.5 Å². The average molecular weight is 446 g/mol. The van der Waals surface area contributed by atoms with E-state index in [1.807, 2.05) is 43.3 Å². The summed E-state index contributed by atoms with van der Waals surface area (Å²) in [5, 5.41) is 4.63. The van der Waals surface area contributed by atoms with Gasteiger partial charge in [-0.05, 0) is 54.4 Å². The van der Waals surface area contributed by atoms with Crippen LogP contribution < -0.4 is 19.5 Å². The third-order valence-corrected chi connectivity index (χ3v) is 5.11. The van der Waals surface area contributed by atoms with Gasteiger partial charge in [-0.25, -0.2) is 0 Å². The molecule has 0 unspecified atom stereocenters. The minimum absolute atomic E-state index is 0.338. The summed E-state index contributed by atoms with van der Waals surface area (Å²) >= 11 is 12.2. The number of ether oxygens (including phenoxy) is 3. The first-order valence-corrected chi connectivity index (χ1v) is 10.5. The van der Waals surface area contributed by atoms with Gasteiger partial charge in [0.05, 0.1) is 13.7 Å². The highest BCUT2D eigenvalue weighted by Crippen LogP contribution is 2.30. The normalized spacial score (nSPS) is 10.7. The van der Waals surface area contributed by atoms with Crippen LogP contribution in [0.25, 0.3) is 0 Å². The molecule has 1 N–H and O–H groups in total. The van der Waals surface area contributed by atoms with Crippen LogP contribution in [0.4, 0.5) is 0 Å². The van der Waals surface area contributed by atoms with E-state index in [0.717, 1.165) is 30.0 Å². The summed E-state index contributed by atoms with van der Waals surface area (Å²) in [5.41, 5.74) is 3.18. The van der Waals surface area contributed by atoms with Crippen molar-refractivity contribution in [1.29, 1.82) is 0 Å². The molecule has 0 fully saturated rings. The summed E-state index contributed by atoms with van der Waals surface area (Å²) in [6.45, 7) is 4.33. The van der Waals surface area contributed by atoms with Crippen LogP contribution in [-0.4, -0.2) is 13.7 Å². The molecule has 0 aliphatic carbocycles. The maximum atomic E-state index is 6.24. The van der Waals surface area contributed by atoms with Crippen molar-refractivity contribution in [3.8, 4) is 17.2 Å². The standard InChI is InChI=1S/C24H25Cl2NO3/c1-3-29-24-12-18(15-27-14-17-4-9-21(28-2)10-5-17)6-11-23(24)30-16-19-7-8-20(25)13-22(19)26/h4-13,27H,3,14-16H2,1-2H3. The van der Waals surface area contributed by atoms with Crippen molar-refractivity contribution in [2.75, 3.05) is 13.7 Å². The van der Waals surface area contributed by atoms with Crippen molar-refractivity contribution < 1.29 is 14.2 Å². The lowest BCUT2D eigenvalue weighted by Gasteiger charge is -2.14. The Morgan fingerprint density at radius 3 is 2.23 bits per heavy atom. The third-order valence-electron chi connectivity index (χ3n) is 4.52. The van der Waals surface area contributed by atoms with E-state index in [0.29, 0.717) is 34.8 Å². The van der Waals surface area contributed by atoms with Crippen molar-refractivity contribution in [2.24, 2.45) is 0 Å². The molecule has 0 heterocycles. The zero-order valence-corrected chi connectivity index (χ0v) is 18.6. The molecule has 0 aromatic heterocycles. The van der Waals surface area contributed by atoms with E-state index >= 15 is 0 Å². The highest BCUT2D eigenvalue weighted by molar-refractivity contribution is 6.35. The van der Waals surface area contributed by atoms with Gasteiger partial charge in [-0.1, -0.05) is 47.5 Å². The van der Waals surface area contributed by atoms with Gasteiger partial charge in [0.15, 0.2) is 11.5 Å². The van der Waals surface area contributed by atoms with Crippen molar-refractivity contribution in [2.45, 2.75) is 26.6 Å². The average Bonchev–Trinajstić information content (AvgIpc) is 2.75. The third kappa shape index (κ3) is 6.30. The second kappa shape index (κ2) is 11.1. The number of rotatable bonds is 10. The molecule has 3 rings (SSSR count). The zero-order chi connectivity index (χ0) is 21.3. The maximum Gasteiger partial charge on any atom is 0.161 e. The Labute approximate surface area is 187 Å². The topological polar surface area (TPSA) is 39.7 Å². The Balaban J connectivity index is 1.60. The first-order chi connectivity index (χ1) is 14.6. The minimum atomic E-state index is 0.338. The molecular formula is C24H25Cl2NO3. The van der Waals surface area contributed by atoms with Gasteiger partial charge in [0, 0.05) is 28.7 Å². The minimum Gasteiger partial charge on any atom is -0.497 e. The Morgan fingerprint density at radius 2 is 1.53 bits per heavy atom. The van der Waals surface area contributed by atoms with Gasteiger partial charge in [-0.2, -0.15) is 0 Å². The number of hydrogen-bond donors (Lipinski definition) is 1. The van der Waals surface area contributed by atoms with Crippen LogP contribution in [0.1, 0.15) is 23.6 Å². The van der Waals surface area contributed by atoms with E-state index in [9.17, 15) is 0 Å². The van der Waals surface area contributed by atoms with Gasteiger partial charge in [-0.3, -0.25) is 0 Å². The fraction of sp³-hybridized carbons (Fsp3) is 0.250. The number of halogens is 2. The molecule has 0 saturated heterocycles. The molecule has 158 valence electrons. The summed E-state index contributed by atoms with van der Waals surface area (Å²) < 4.78 is 16.9. The Morgan fingerprint density at radius 1 is 0.800 bits per heavy atom. The van der Waals surface area contributed by atoms with Gasteiger partial charge in [0.25, 0.3) is 0 Å². The maximum absolute atomic E-state index is 6.24. The number of benzene rings is 3. The number of hydrogen-bond acceptors (Lipinski definition) is 4. The second-order valence-electron chi connectivity index (χ2n) is 6.69. The van der Waals surface area contributed by atoms with Gasteiger partial charge in [-0.15, -0.1) is 0 Å². The molecule has 0 atom stereocenters. The van der Waals surface area contributed by atoms with Crippen LogP contribution in [0.15, 0.2) is 60.7 Å². The summed E-state index contributed by atoms with van der Waals surface area (Å²) in [6.07, 6.45) is 0. The molecule has 4 nitrogen and oxygen atoms in total. The van der Waals surface area contributed by atoms with E-state index in [1.165, 1.54) is 5.56 Å². The van der Waals surface area contributed by atoms with Crippen molar-refractivity contribution in [1.82, 2.24) is 5.32 Å². The fourth-order valence-electron chi connectivity index (χ4n) is 2.94. The van der Waals surface area contributed by atoms with Gasteiger partial charge in [0.2, 0.25) is 0 Å². The lowest BCUT2D eigenvalue weighted by atomic mass is 10.1. The summed E-state index contributed by atoms with van der Waals surface area (Å²) in [7, 11) is 1.67. The lowest BCUT2D eigenvalue weighted by molar-refractivity contribution is 0.269. The Bertz CT molecular complexity index is 961. The van der Waals surface area contributed by atoms with E-state index in [4.69, 9.17) is 37.4 Å². The molecule has 0 saturated carbocycles. The second-order valence-corrected chi connectivity index (χ2v) is 7.53. The monoisotopic (exact) mass is 445 g/mol. The molecule has 0 aliphatic heterocycles. The Hall–Kier alpha value is -2.40. The number of methoxy groups -OCH3 is 1. The fourth-order valence-corrected chi connectivity index (χ4v) is 3.40. The molecular weight excluding hydrogens is 421 g/mol. The van der Waals surface area contributed by atoms with Crippen molar-refractivity contribution >= 4 is 23.2 Å². The summed E-state index contributed by atoms with van der Waals surface area (Å²) in [5.74, 6) is 2.25. The van der Waals surface area contributed by atoms with Gasteiger partial charge in [0.1, 0.15) is 12.4 Å². The molecule has 3 aromatic rings. The Kier molecular flexibility index (Phi) is 8.26. The molecule has 0 spiro atoms. The molecule has 0 aliphatic rings. The lowest BCUT2D eigenvalue weighted by Crippen LogP contribution is -2.13. The molecule has 30 heavy (non-hydrogen) atoms.